The molecule has 2 saturated heterocycles. The predicted octanol–water partition coefficient (Wildman–Crippen LogP) is 0.526. The lowest BCUT2D eigenvalue weighted by molar-refractivity contribution is 0.0983. The Labute approximate surface area is 55.6 Å². The summed E-state index contributed by atoms with van der Waals surface area (Å²) in [4.78, 5) is 0. The quantitative estimate of drug-likeness (QED) is 0.554. The molecule has 0 radical (unpaired) electrons. The number of fused-ring (bicyclic) bond motifs is 2. The molecule has 52 valence electrons. The molecule has 0 aliphatic carbocycles. The fraction of sp³-hybridized carbons (Fsp3) is 1.00. The summed E-state index contributed by atoms with van der Waals surface area (Å²) in [5.41, 5.74) is 0. The highest BCUT2D eigenvalue weighted by molar-refractivity contribution is 4.92. The first-order valence-corrected chi connectivity index (χ1v) is 3.73. The minimum atomic E-state index is 0.542. The minimum absolute atomic E-state index is 0.542. The van der Waals surface area contributed by atoms with Crippen LogP contribution in [0.4, 0.5) is 0 Å². The van der Waals surface area contributed by atoms with Crippen molar-refractivity contribution in [3.63, 3.8) is 0 Å². The third kappa shape index (κ3) is 0.775. The summed E-state index contributed by atoms with van der Waals surface area (Å²) in [6.45, 7) is 0. The molecule has 3 atom stereocenters. The van der Waals surface area contributed by atoms with Crippen LogP contribution < -0.4 is 5.32 Å². The monoisotopic (exact) mass is 127 g/mol. The van der Waals surface area contributed by atoms with Crippen LogP contribution >= 0.6 is 0 Å². The van der Waals surface area contributed by atoms with Gasteiger partial charge in [0.2, 0.25) is 0 Å². The van der Waals surface area contributed by atoms with Crippen molar-refractivity contribution >= 4 is 0 Å². The van der Waals surface area contributed by atoms with Gasteiger partial charge in [-0.05, 0) is 26.3 Å². The Hall–Kier alpha value is -0.0800. The van der Waals surface area contributed by atoms with Crippen molar-refractivity contribution in [3.8, 4) is 0 Å². The fourth-order valence-corrected chi connectivity index (χ4v) is 1.94. The Kier molecular flexibility index (Phi) is 1.24. The first-order chi connectivity index (χ1) is 4.40. The van der Waals surface area contributed by atoms with Crippen LogP contribution in [0.15, 0.2) is 0 Å². The lowest BCUT2D eigenvalue weighted by atomic mass is 9.96. The van der Waals surface area contributed by atoms with Crippen molar-refractivity contribution in [2.75, 3.05) is 7.05 Å². The van der Waals surface area contributed by atoms with Gasteiger partial charge in [0.15, 0.2) is 0 Å². The van der Waals surface area contributed by atoms with E-state index < -0.39 is 0 Å². The number of likely N-dealkylation sites (N-methyl/N-ethyl adjacent to an activating group) is 1. The smallest absolute Gasteiger partial charge is 0.0733 e. The second-order valence-electron chi connectivity index (χ2n) is 3.00. The van der Waals surface area contributed by atoms with Gasteiger partial charge in [-0.1, -0.05) is 0 Å². The van der Waals surface area contributed by atoms with Crippen molar-refractivity contribution in [2.24, 2.45) is 0 Å². The molecule has 9 heavy (non-hydrogen) atoms. The van der Waals surface area contributed by atoms with Crippen LogP contribution in [0.25, 0.3) is 0 Å². The molecule has 2 rings (SSSR count). The summed E-state index contributed by atoms with van der Waals surface area (Å²) in [6.07, 6.45) is 4.94. The zero-order valence-electron chi connectivity index (χ0n) is 5.76. The molecule has 0 amide bonds. The van der Waals surface area contributed by atoms with Crippen LogP contribution in [-0.4, -0.2) is 25.3 Å². The van der Waals surface area contributed by atoms with Gasteiger partial charge in [0.1, 0.15) is 0 Å². The Morgan fingerprint density at radius 2 is 2.33 bits per heavy atom. The highest BCUT2D eigenvalue weighted by Crippen LogP contribution is 2.33. The Bertz CT molecular complexity index is 115. The summed E-state index contributed by atoms with van der Waals surface area (Å²) in [5, 5.41) is 3.27. The lowest BCUT2D eigenvalue weighted by Crippen LogP contribution is -2.34. The molecule has 2 unspecified atom stereocenters. The number of ether oxygens (including phenoxy) is 1. The van der Waals surface area contributed by atoms with Gasteiger partial charge in [-0.2, -0.15) is 0 Å². The van der Waals surface area contributed by atoms with E-state index in [1.807, 2.05) is 7.05 Å². The molecule has 2 aliphatic heterocycles. The average Bonchev–Trinajstić information content (AvgIpc) is 2.45. The van der Waals surface area contributed by atoms with Gasteiger partial charge in [-0.25, -0.2) is 0 Å². The van der Waals surface area contributed by atoms with Gasteiger partial charge in [0.05, 0.1) is 12.2 Å². The SMILES string of the molecule is CN[C@H]1CC2CCC1O2. The van der Waals surface area contributed by atoms with Gasteiger partial charge in [-0.3, -0.25) is 0 Å². The molecular weight excluding hydrogens is 114 g/mol. The van der Waals surface area contributed by atoms with E-state index in [-0.39, 0.29) is 0 Å². The number of nitrogens with one attached hydrogen (secondary N) is 1. The van der Waals surface area contributed by atoms with Gasteiger partial charge in [-0.15, -0.1) is 0 Å². The molecule has 2 heteroatoms. The maximum atomic E-state index is 5.61. The number of hydrogen-bond acceptors (Lipinski definition) is 2. The van der Waals surface area contributed by atoms with Crippen LogP contribution in [0.3, 0.4) is 0 Å². The third-order valence-corrected chi connectivity index (χ3v) is 2.48. The van der Waals surface area contributed by atoms with Crippen LogP contribution in [0.1, 0.15) is 19.3 Å². The van der Waals surface area contributed by atoms with Gasteiger partial charge in [0.25, 0.3) is 0 Å². The van der Waals surface area contributed by atoms with Crippen LogP contribution in [0.5, 0.6) is 0 Å². The molecule has 0 aromatic rings. The number of rotatable bonds is 1. The van der Waals surface area contributed by atoms with Crippen LogP contribution in [0.2, 0.25) is 0 Å². The molecule has 2 bridgehead atoms. The molecule has 2 aliphatic rings. The first kappa shape index (κ1) is 5.69. The van der Waals surface area contributed by atoms with E-state index in [0.717, 1.165) is 0 Å². The number of hydrogen-bond donors (Lipinski definition) is 1. The molecule has 2 nitrogen and oxygen atoms in total. The first-order valence-electron chi connectivity index (χ1n) is 3.73. The van der Waals surface area contributed by atoms with Gasteiger partial charge < -0.3 is 10.1 Å². The van der Waals surface area contributed by atoms with Crippen molar-refractivity contribution in [3.05, 3.63) is 0 Å². The Morgan fingerprint density at radius 1 is 1.44 bits per heavy atom. The zero-order valence-corrected chi connectivity index (χ0v) is 5.76. The Balaban J connectivity index is 2.01. The summed E-state index contributed by atoms with van der Waals surface area (Å²) < 4.78 is 5.61. The molecule has 2 heterocycles. The molecule has 0 spiro atoms. The molecule has 2 fully saturated rings. The zero-order chi connectivity index (χ0) is 6.27. The highest BCUT2D eigenvalue weighted by Gasteiger charge is 2.39. The van der Waals surface area contributed by atoms with Crippen molar-refractivity contribution < 1.29 is 4.74 Å². The van der Waals surface area contributed by atoms with E-state index in [1.165, 1.54) is 19.3 Å². The highest BCUT2D eigenvalue weighted by atomic mass is 16.5. The van der Waals surface area contributed by atoms with Gasteiger partial charge in [0, 0.05) is 6.04 Å². The summed E-state index contributed by atoms with van der Waals surface area (Å²) in [6, 6.07) is 0.656. The third-order valence-electron chi connectivity index (χ3n) is 2.48. The van der Waals surface area contributed by atoms with Crippen molar-refractivity contribution in [1.29, 1.82) is 0 Å². The standard InChI is InChI=1S/C7H13NO/c1-8-6-4-5-2-3-7(6)9-5/h5-8H,2-4H2,1H3/t5?,6-,7?/m0/s1. The van der Waals surface area contributed by atoms with Crippen LogP contribution in [0, 0.1) is 0 Å². The van der Waals surface area contributed by atoms with E-state index in [9.17, 15) is 0 Å². The largest absolute Gasteiger partial charge is 0.373 e. The summed E-state index contributed by atoms with van der Waals surface area (Å²) in [5.74, 6) is 0. The molecule has 0 aromatic heterocycles. The van der Waals surface area contributed by atoms with E-state index >= 15 is 0 Å². The van der Waals surface area contributed by atoms with E-state index in [0.29, 0.717) is 18.2 Å². The van der Waals surface area contributed by atoms with Crippen molar-refractivity contribution in [1.82, 2.24) is 5.32 Å². The molecule has 0 saturated carbocycles. The maximum Gasteiger partial charge on any atom is 0.0733 e. The van der Waals surface area contributed by atoms with Crippen molar-refractivity contribution in [2.45, 2.75) is 37.5 Å². The Morgan fingerprint density at radius 3 is 2.67 bits per heavy atom. The minimum Gasteiger partial charge on any atom is -0.373 e. The summed E-state index contributed by atoms with van der Waals surface area (Å²) in [7, 11) is 2.02. The van der Waals surface area contributed by atoms with E-state index in [2.05, 4.69) is 5.32 Å². The van der Waals surface area contributed by atoms with Crippen LogP contribution in [-0.2, 0) is 4.74 Å². The van der Waals surface area contributed by atoms with Gasteiger partial charge >= 0.3 is 0 Å². The van der Waals surface area contributed by atoms with E-state index in [4.69, 9.17) is 4.74 Å². The van der Waals surface area contributed by atoms with E-state index in [1.54, 1.807) is 0 Å². The normalized spacial score (nSPS) is 48.3. The average molecular weight is 127 g/mol. The maximum absolute atomic E-state index is 5.61. The summed E-state index contributed by atoms with van der Waals surface area (Å²) >= 11 is 0. The second-order valence-corrected chi connectivity index (χ2v) is 3.00. The molecular formula is C7H13NO. The fourth-order valence-electron chi connectivity index (χ4n) is 1.94. The predicted molar refractivity (Wildman–Crippen MR) is 35.4 cm³/mol. The lowest BCUT2D eigenvalue weighted by Gasteiger charge is -2.16. The topological polar surface area (TPSA) is 21.3 Å². The molecule has 1 N–H and O–H groups in total. The second kappa shape index (κ2) is 1.96. The molecule has 0 aromatic carbocycles.